The van der Waals surface area contributed by atoms with Crippen molar-refractivity contribution in [1.29, 1.82) is 0 Å². The lowest BCUT2D eigenvalue weighted by Gasteiger charge is -2.21. The standard InChI is InChI=1S/C19H21BrN2O2/c1-4-15-6-8-16(9-7-15)21-19(24)12-22(14(3)23)17-10-5-13(2)18(20)11-17/h5-11H,4,12H2,1-3H3,(H,21,24). The van der Waals surface area contributed by atoms with E-state index in [2.05, 4.69) is 28.2 Å². The molecule has 0 fully saturated rings. The third-order valence-corrected chi connectivity index (χ3v) is 4.65. The summed E-state index contributed by atoms with van der Waals surface area (Å²) in [5, 5.41) is 2.83. The van der Waals surface area contributed by atoms with Crippen LogP contribution in [0.2, 0.25) is 0 Å². The Morgan fingerprint density at radius 3 is 2.33 bits per heavy atom. The molecule has 0 bridgehead atoms. The summed E-state index contributed by atoms with van der Waals surface area (Å²) in [5.74, 6) is -0.409. The van der Waals surface area contributed by atoms with Gasteiger partial charge in [0.15, 0.2) is 0 Å². The molecule has 0 heterocycles. The Kier molecular flexibility index (Phi) is 6.15. The number of aryl methyl sites for hydroxylation is 2. The van der Waals surface area contributed by atoms with Crippen LogP contribution < -0.4 is 10.2 Å². The summed E-state index contributed by atoms with van der Waals surface area (Å²) < 4.78 is 0.904. The van der Waals surface area contributed by atoms with Crippen molar-refractivity contribution in [2.45, 2.75) is 27.2 Å². The minimum absolute atomic E-state index is 0.0274. The van der Waals surface area contributed by atoms with Gasteiger partial charge in [0.2, 0.25) is 11.8 Å². The lowest BCUT2D eigenvalue weighted by molar-refractivity contribution is -0.120. The molecule has 0 atom stereocenters. The molecule has 126 valence electrons. The number of nitrogens with zero attached hydrogens (tertiary/aromatic N) is 1. The van der Waals surface area contributed by atoms with E-state index in [1.165, 1.54) is 17.4 Å². The van der Waals surface area contributed by atoms with Crippen molar-refractivity contribution >= 4 is 39.1 Å². The summed E-state index contributed by atoms with van der Waals surface area (Å²) in [5.41, 5.74) is 3.70. The van der Waals surface area contributed by atoms with Crippen molar-refractivity contribution in [3.63, 3.8) is 0 Å². The number of amides is 2. The molecule has 0 aliphatic heterocycles. The van der Waals surface area contributed by atoms with Gasteiger partial charge in [-0.15, -0.1) is 0 Å². The number of benzene rings is 2. The Labute approximate surface area is 151 Å². The van der Waals surface area contributed by atoms with E-state index in [9.17, 15) is 9.59 Å². The first-order valence-electron chi connectivity index (χ1n) is 7.83. The number of rotatable bonds is 5. The maximum atomic E-state index is 12.3. The van der Waals surface area contributed by atoms with Crippen LogP contribution in [0.3, 0.4) is 0 Å². The second-order valence-corrected chi connectivity index (χ2v) is 6.49. The third-order valence-electron chi connectivity index (χ3n) is 3.79. The highest BCUT2D eigenvalue weighted by atomic mass is 79.9. The number of carbonyl (C=O) groups excluding carboxylic acids is 2. The summed E-state index contributed by atoms with van der Waals surface area (Å²) in [6.07, 6.45) is 0.953. The van der Waals surface area contributed by atoms with Crippen LogP contribution in [-0.2, 0) is 16.0 Å². The first-order chi connectivity index (χ1) is 11.4. The monoisotopic (exact) mass is 388 g/mol. The maximum absolute atomic E-state index is 12.3. The molecule has 0 radical (unpaired) electrons. The van der Waals surface area contributed by atoms with Crippen LogP contribution in [0.25, 0.3) is 0 Å². The van der Waals surface area contributed by atoms with Crippen molar-refractivity contribution in [1.82, 2.24) is 0 Å². The Bertz CT molecular complexity index is 742. The zero-order valence-corrected chi connectivity index (χ0v) is 15.7. The third kappa shape index (κ3) is 4.68. The van der Waals surface area contributed by atoms with Crippen LogP contribution >= 0.6 is 15.9 Å². The fourth-order valence-corrected chi connectivity index (χ4v) is 2.67. The summed E-state index contributed by atoms with van der Waals surface area (Å²) >= 11 is 3.46. The topological polar surface area (TPSA) is 49.4 Å². The van der Waals surface area contributed by atoms with E-state index in [1.807, 2.05) is 49.4 Å². The van der Waals surface area contributed by atoms with Crippen molar-refractivity contribution in [2.75, 3.05) is 16.8 Å². The molecule has 2 amide bonds. The first kappa shape index (κ1) is 18.2. The smallest absolute Gasteiger partial charge is 0.244 e. The molecule has 2 aromatic carbocycles. The van der Waals surface area contributed by atoms with Gasteiger partial charge in [0, 0.05) is 22.8 Å². The summed E-state index contributed by atoms with van der Waals surface area (Å²) in [6.45, 7) is 5.48. The van der Waals surface area contributed by atoms with Gasteiger partial charge in [-0.25, -0.2) is 0 Å². The molecule has 5 heteroatoms. The van der Waals surface area contributed by atoms with E-state index < -0.39 is 0 Å². The minimum Gasteiger partial charge on any atom is -0.325 e. The van der Waals surface area contributed by atoms with Crippen LogP contribution in [0.5, 0.6) is 0 Å². The van der Waals surface area contributed by atoms with Gasteiger partial charge in [-0.1, -0.05) is 41.1 Å². The number of halogens is 1. The Morgan fingerprint density at radius 1 is 1.12 bits per heavy atom. The van der Waals surface area contributed by atoms with E-state index in [1.54, 1.807) is 0 Å². The molecule has 0 unspecified atom stereocenters. The van der Waals surface area contributed by atoms with Crippen molar-refractivity contribution < 1.29 is 9.59 Å². The van der Waals surface area contributed by atoms with E-state index in [4.69, 9.17) is 0 Å². The second kappa shape index (κ2) is 8.11. The first-order valence-corrected chi connectivity index (χ1v) is 8.63. The van der Waals surface area contributed by atoms with Gasteiger partial charge in [-0.3, -0.25) is 9.59 Å². The molecule has 24 heavy (non-hydrogen) atoms. The SMILES string of the molecule is CCc1ccc(NC(=O)CN(C(C)=O)c2ccc(C)c(Br)c2)cc1. The van der Waals surface area contributed by atoms with Gasteiger partial charge < -0.3 is 10.2 Å². The molecule has 4 nitrogen and oxygen atoms in total. The van der Waals surface area contributed by atoms with E-state index in [-0.39, 0.29) is 18.4 Å². The molecule has 0 spiro atoms. The zero-order valence-electron chi connectivity index (χ0n) is 14.1. The average molecular weight is 389 g/mol. The van der Waals surface area contributed by atoms with E-state index >= 15 is 0 Å². The van der Waals surface area contributed by atoms with Crippen LogP contribution in [0.1, 0.15) is 25.0 Å². The van der Waals surface area contributed by atoms with Gasteiger partial charge in [-0.2, -0.15) is 0 Å². The van der Waals surface area contributed by atoms with Gasteiger partial charge in [-0.05, 0) is 48.7 Å². The van der Waals surface area contributed by atoms with Crippen LogP contribution in [0.15, 0.2) is 46.9 Å². The number of nitrogens with one attached hydrogen (secondary N) is 1. The van der Waals surface area contributed by atoms with Crippen LogP contribution in [0, 0.1) is 6.92 Å². The highest BCUT2D eigenvalue weighted by molar-refractivity contribution is 9.10. The van der Waals surface area contributed by atoms with Crippen molar-refractivity contribution in [3.8, 4) is 0 Å². The molecule has 1 N–H and O–H groups in total. The predicted molar refractivity (Wildman–Crippen MR) is 101 cm³/mol. The molecule has 2 rings (SSSR count). The van der Waals surface area contributed by atoms with Crippen LogP contribution in [0.4, 0.5) is 11.4 Å². The molecule has 0 aliphatic carbocycles. The molecular formula is C19H21BrN2O2. The maximum Gasteiger partial charge on any atom is 0.244 e. The number of hydrogen-bond acceptors (Lipinski definition) is 2. The highest BCUT2D eigenvalue weighted by Gasteiger charge is 2.16. The Balaban J connectivity index is 2.10. The quantitative estimate of drug-likeness (QED) is 0.829. The number of anilines is 2. The molecule has 0 saturated heterocycles. The molecule has 2 aromatic rings. The Hall–Kier alpha value is -2.14. The fraction of sp³-hybridized carbons (Fsp3) is 0.263. The minimum atomic E-state index is -0.230. The normalized spacial score (nSPS) is 10.3. The lowest BCUT2D eigenvalue weighted by atomic mass is 10.1. The van der Waals surface area contributed by atoms with Gasteiger partial charge >= 0.3 is 0 Å². The summed E-state index contributed by atoms with van der Waals surface area (Å²) in [6, 6.07) is 13.3. The highest BCUT2D eigenvalue weighted by Crippen LogP contribution is 2.24. The lowest BCUT2D eigenvalue weighted by Crippen LogP contribution is -2.36. The summed E-state index contributed by atoms with van der Waals surface area (Å²) in [4.78, 5) is 25.7. The van der Waals surface area contributed by atoms with E-state index in [0.717, 1.165) is 22.1 Å². The van der Waals surface area contributed by atoms with Gasteiger partial charge in [0.25, 0.3) is 0 Å². The second-order valence-electron chi connectivity index (χ2n) is 5.64. The Morgan fingerprint density at radius 2 is 1.79 bits per heavy atom. The van der Waals surface area contributed by atoms with E-state index in [0.29, 0.717) is 5.69 Å². The molecule has 0 aromatic heterocycles. The number of hydrogen-bond donors (Lipinski definition) is 1. The zero-order chi connectivity index (χ0) is 17.7. The molecule has 0 saturated carbocycles. The summed E-state index contributed by atoms with van der Waals surface area (Å²) in [7, 11) is 0. The van der Waals surface area contributed by atoms with Gasteiger partial charge in [0.05, 0.1) is 0 Å². The van der Waals surface area contributed by atoms with Crippen molar-refractivity contribution in [2.24, 2.45) is 0 Å². The average Bonchev–Trinajstić information content (AvgIpc) is 2.56. The fourth-order valence-electron chi connectivity index (χ4n) is 2.30. The number of carbonyl (C=O) groups is 2. The van der Waals surface area contributed by atoms with Crippen LogP contribution in [-0.4, -0.2) is 18.4 Å². The predicted octanol–water partition coefficient (Wildman–Crippen LogP) is 4.31. The van der Waals surface area contributed by atoms with Gasteiger partial charge in [0.1, 0.15) is 6.54 Å². The molecular weight excluding hydrogens is 368 g/mol. The largest absolute Gasteiger partial charge is 0.325 e. The van der Waals surface area contributed by atoms with Crippen molar-refractivity contribution in [3.05, 3.63) is 58.1 Å². The molecule has 0 aliphatic rings.